The van der Waals surface area contributed by atoms with Gasteiger partial charge >= 0.3 is 0 Å². The van der Waals surface area contributed by atoms with Crippen molar-refractivity contribution in [1.29, 1.82) is 0 Å². The Morgan fingerprint density at radius 3 is 2.32 bits per heavy atom. The highest BCUT2D eigenvalue weighted by Crippen LogP contribution is 2.28. The summed E-state index contributed by atoms with van der Waals surface area (Å²) < 4.78 is 0. The molecule has 3 nitrogen and oxygen atoms in total. The van der Waals surface area contributed by atoms with Crippen LogP contribution < -0.4 is 5.32 Å². The van der Waals surface area contributed by atoms with Gasteiger partial charge in [-0.1, -0.05) is 27.2 Å². The van der Waals surface area contributed by atoms with Crippen molar-refractivity contribution in [2.24, 2.45) is 5.92 Å². The molecular weight excluding hydrogens is 236 g/mol. The first-order valence-electron chi connectivity index (χ1n) is 8.13. The van der Waals surface area contributed by atoms with Crippen LogP contribution in [0.5, 0.6) is 0 Å². The van der Waals surface area contributed by atoms with Crippen LogP contribution in [0, 0.1) is 5.92 Å². The molecule has 19 heavy (non-hydrogen) atoms. The van der Waals surface area contributed by atoms with E-state index in [1.165, 1.54) is 32.1 Å². The third-order valence-electron chi connectivity index (χ3n) is 4.64. The summed E-state index contributed by atoms with van der Waals surface area (Å²) in [7, 11) is 2.25. The molecule has 0 radical (unpaired) electrons. The molecular formula is C16H34N2O. The number of hydrogen-bond donors (Lipinski definition) is 2. The number of aliphatic hydroxyl groups is 1. The molecule has 0 bridgehead atoms. The van der Waals surface area contributed by atoms with Gasteiger partial charge in [-0.3, -0.25) is 0 Å². The van der Waals surface area contributed by atoms with Gasteiger partial charge in [-0.15, -0.1) is 0 Å². The van der Waals surface area contributed by atoms with Gasteiger partial charge in [0.2, 0.25) is 0 Å². The number of nitrogens with one attached hydrogen (secondary N) is 1. The molecule has 0 saturated heterocycles. The summed E-state index contributed by atoms with van der Waals surface area (Å²) in [5, 5.41) is 12.8. The van der Waals surface area contributed by atoms with Crippen molar-refractivity contribution in [3.8, 4) is 0 Å². The van der Waals surface area contributed by atoms with Crippen LogP contribution in [0.25, 0.3) is 0 Å². The summed E-state index contributed by atoms with van der Waals surface area (Å²) in [4.78, 5) is 2.51. The van der Waals surface area contributed by atoms with E-state index in [2.05, 4.69) is 38.0 Å². The fourth-order valence-electron chi connectivity index (χ4n) is 3.23. The molecule has 0 heterocycles. The van der Waals surface area contributed by atoms with Gasteiger partial charge in [0.15, 0.2) is 0 Å². The quantitative estimate of drug-likeness (QED) is 0.712. The SMILES string of the molecule is CCC1CCC(N(C)CCC(CO)NC(C)C)CC1. The second-order valence-corrected chi connectivity index (χ2v) is 6.55. The Balaban J connectivity index is 2.25. The van der Waals surface area contributed by atoms with E-state index < -0.39 is 0 Å². The highest BCUT2D eigenvalue weighted by molar-refractivity contribution is 4.79. The van der Waals surface area contributed by atoms with Crippen LogP contribution in [-0.2, 0) is 0 Å². The maximum absolute atomic E-state index is 9.38. The highest BCUT2D eigenvalue weighted by atomic mass is 16.3. The normalized spacial score (nSPS) is 26.1. The zero-order chi connectivity index (χ0) is 14.3. The fraction of sp³-hybridized carbons (Fsp3) is 1.00. The molecule has 1 aliphatic rings. The summed E-state index contributed by atoms with van der Waals surface area (Å²) in [6.45, 7) is 7.93. The van der Waals surface area contributed by atoms with Gasteiger partial charge in [-0.25, -0.2) is 0 Å². The van der Waals surface area contributed by atoms with E-state index in [-0.39, 0.29) is 12.6 Å². The molecule has 0 aromatic heterocycles. The standard InChI is InChI=1S/C16H34N2O/c1-5-14-6-8-16(9-7-14)18(4)11-10-15(12-19)17-13(2)3/h13-17,19H,5-12H2,1-4H3. The zero-order valence-corrected chi connectivity index (χ0v) is 13.4. The van der Waals surface area contributed by atoms with E-state index in [9.17, 15) is 5.11 Å². The van der Waals surface area contributed by atoms with Crippen LogP contribution in [0.2, 0.25) is 0 Å². The molecule has 3 heteroatoms. The molecule has 0 aromatic carbocycles. The van der Waals surface area contributed by atoms with Crippen molar-refractivity contribution in [3.05, 3.63) is 0 Å². The lowest BCUT2D eigenvalue weighted by molar-refractivity contribution is 0.147. The number of aliphatic hydroxyl groups excluding tert-OH is 1. The van der Waals surface area contributed by atoms with Crippen molar-refractivity contribution >= 4 is 0 Å². The molecule has 0 aliphatic heterocycles. The lowest BCUT2D eigenvalue weighted by atomic mass is 9.84. The van der Waals surface area contributed by atoms with E-state index in [4.69, 9.17) is 0 Å². The summed E-state index contributed by atoms with van der Waals surface area (Å²) in [6.07, 6.45) is 7.91. The predicted octanol–water partition coefficient (Wildman–Crippen LogP) is 2.64. The average molecular weight is 270 g/mol. The Morgan fingerprint density at radius 2 is 1.84 bits per heavy atom. The maximum Gasteiger partial charge on any atom is 0.0585 e. The average Bonchev–Trinajstić information content (AvgIpc) is 2.42. The minimum absolute atomic E-state index is 0.245. The van der Waals surface area contributed by atoms with Gasteiger partial charge in [0.05, 0.1) is 6.61 Å². The maximum atomic E-state index is 9.38. The van der Waals surface area contributed by atoms with Gasteiger partial charge in [-0.05, 0) is 51.6 Å². The van der Waals surface area contributed by atoms with Crippen LogP contribution in [0.1, 0.15) is 59.3 Å². The van der Waals surface area contributed by atoms with Crippen LogP contribution in [-0.4, -0.2) is 48.3 Å². The molecule has 1 unspecified atom stereocenters. The predicted molar refractivity (Wildman–Crippen MR) is 82.4 cm³/mol. The largest absolute Gasteiger partial charge is 0.395 e. The number of rotatable bonds is 8. The van der Waals surface area contributed by atoms with Gasteiger partial charge in [0, 0.05) is 18.1 Å². The van der Waals surface area contributed by atoms with Gasteiger partial charge in [0.1, 0.15) is 0 Å². The first-order chi connectivity index (χ1) is 9.06. The third-order valence-corrected chi connectivity index (χ3v) is 4.64. The third kappa shape index (κ3) is 6.24. The Bertz CT molecular complexity index is 225. The Morgan fingerprint density at radius 1 is 1.21 bits per heavy atom. The summed E-state index contributed by atoms with van der Waals surface area (Å²) in [5.74, 6) is 0.970. The van der Waals surface area contributed by atoms with E-state index in [1.807, 2.05) is 0 Å². The second-order valence-electron chi connectivity index (χ2n) is 6.55. The first kappa shape index (κ1) is 16.9. The molecule has 0 aromatic rings. The number of hydrogen-bond acceptors (Lipinski definition) is 3. The van der Waals surface area contributed by atoms with Gasteiger partial charge in [0.25, 0.3) is 0 Å². The smallest absolute Gasteiger partial charge is 0.0585 e. The molecule has 0 amide bonds. The highest BCUT2D eigenvalue weighted by Gasteiger charge is 2.23. The lowest BCUT2D eigenvalue weighted by Crippen LogP contribution is -2.42. The first-order valence-corrected chi connectivity index (χ1v) is 8.13. The molecule has 1 rings (SSSR count). The minimum Gasteiger partial charge on any atom is -0.395 e. The Labute approximate surface area is 119 Å². The van der Waals surface area contributed by atoms with E-state index in [0.29, 0.717) is 6.04 Å². The summed E-state index contributed by atoms with van der Waals surface area (Å²) in [6, 6.07) is 1.46. The van der Waals surface area contributed by atoms with Gasteiger partial charge in [-0.2, -0.15) is 0 Å². The fourth-order valence-corrected chi connectivity index (χ4v) is 3.23. The summed E-state index contributed by atoms with van der Waals surface area (Å²) in [5.41, 5.74) is 0. The molecule has 1 fully saturated rings. The molecule has 0 spiro atoms. The second kappa shape index (κ2) is 8.93. The van der Waals surface area contributed by atoms with E-state index in [1.54, 1.807) is 0 Å². The Kier molecular flexibility index (Phi) is 7.96. The van der Waals surface area contributed by atoms with E-state index in [0.717, 1.165) is 24.9 Å². The molecule has 2 N–H and O–H groups in total. The van der Waals surface area contributed by atoms with Crippen molar-refractivity contribution < 1.29 is 5.11 Å². The van der Waals surface area contributed by atoms with Crippen LogP contribution >= 0.6 is 0 Å². The number of nitrogens with zero attached hydrogens (tertiary/aromatic N) is 1. The zero-order valence-electron chi connectivity index (χ0n) is 13.4. The van der Waals surface area contributed by atoms with Crippen LogP contribution in [0.3, 0.4) is 0 Å². The van der Waals surface area contributed by atoms with Crippen LogP contribution in [0.15, 0.2) is 0 Å². The minimum atomic E-state index is 0.245. The summed E-state index contributed by atoms with van der Waals surface area (Å²) >= 11 is 0. The van der Waals surface area contributed by atoms with Crippen molar-refractivity contribution in [2.45, 2.75) is 77.4 Å². The van der Waals surface area contributed by atoms with E-state index >= 15 is 0 Å². The Hall–Kier alpha value is -0.120. The topological polar surface area (TPSA) is 35.5 Å². The van der Waals surface area contributed by atoms with Crippen molar-refractivity contribution in [3.63, 3.8) is 0 Å². The molecule has 1 saturated carbocycles. The van der Waals surface area contributed by atoms with Crippen LogP contribution in [0.4, 0.5) is 0 Å². The lowest BCUT2D eigenvalue weighted by Gasteiger charge is -2.35. The molecule has 1 atom stereocenters. The molecule has 1 aliphatic carbocycles. The molecule has 114 valence electrons. The van der Waals surface area contributed by atoms with Crippen molar-refractivity contribution in [1.82, 2.24) is 10.2 Å². The van der Waals surface area contributed by atoms with Gasteiger partial charge < -0.3 is 15.3 Å². The monoisotopic (exact) mass is 270 g/mol. The van der Waals surface area contributed by atoms with Crippen molar-refractivity contribution in [2.75, 3.05) is 20.2 Å².